The molecule has 4 rings (SSSR count). The average Bonchev–Trinajstić information content (AvgIpc) is 3.30. The van der Waals surface area contributed by atoms with E-state index in [2.05, 4.69) is 0 Å². The number of anilines is 1. The minimum atomic E-state index is -1.14. The van der Waals surface area contributed by atoms with E-state index < -0.39 is 34.5 Å². The highest BCUT2D eigenvalue weighted by molar-refractivity contribution is 6.18. The average molecular weight is 525 g/mol. The molecule has 1 aliphatic heterocycles. The van der Waals surface area contributed by atoms with Crippen LogP contribution in [0.5, 0.6) is 0 Å². The molecule has 190 valence electrons. The summed E-state index contributed by atoms with van der Waals surface area (Å²) in [6.07, 6.45) is -1.13. The van der Waals surface area contributed by atoms with Gasteiger partial charge in [0.2, 0.25) is 11.7 Å². The fourth-order valence-corrected chi connectivity index (χ4v) is 4.30. The molecule has 1 amide bonds. The van der Waals surface area contributed by atoms with Crippen LogP contribution >= 0.6 is 11.6 Å². The Balaban J connectivity index is 1.42. The van der Waals surface area contributed by atoms with Gasteiger partial charge < -0.3 is 9.64 Å². The summed E-state index contributed by atoms with van der Waals surface area (Å²) in [4.78, 5) is 50.2. The number of carbonyl (C=O) groups excluding carboxylic acids is 3. The number of ketones is 1. The molecule has 0 bridgehead atoms. The first-order valence-electron chi connectivity index (χ1n) is 11.5. The van der Waals surface area contributed by atoms with Crippen LogP contribution in [-0.2, 0) is 14.3 Å². The number of alkyl halides is 1. The second-order valence-corrected chi connectivity index (χ2v) is 8.91. The standard InChI is InChI=1S/C27H22ClFN2O6/c28-14-13-24(26(33)19-1-7-21(29)8-2-19)37-27(34)20-15-25(32)30(16-20)22-9-3-17(4-10-22)18-5-11-23(12-6-18)31(35)36/h1-12,20,24H,13-16H2/t20-,24+/m0/s1. The smallest absolute Gasteiger partial charge is 0.312 e. The number of hydrogen-bond donors (Lipinski definition) is 0. The van der Waals surface area contributed by atoms with Crippen LogP contribution in [0.25, 0.3) is 11.1 Å². The molecule has 1 aliphatic rings. The zero-order valence-electron chi connectivity index (χ0n) is 19.5. The van der Waals surface area contributed by atoms with Crippen LogP contribution in [0.3, 0.4) is 0 Å². The summed E-state index contributed by atoms with van der Waals surface area (Å²) in [6, 6.07) is 18.1. The van der Waals surface area contributed by atoms with Gasteiger partial charge in [-0.3, -0.25) is 24.5 Å². The van der Waals surface area contributed by atoms with Gasteiger partial charge in [-0.1, -0.05) is 12.1 Å². The normalized spacial score (nSPS) is 15.9. The molecule has 0 radical (unpaired) electrons. The van der Waals surface area contributed by atoms with Gasteiger partial charge in [-0.25, -0.2) is 4.39 Å². The number of rotatable bonds is 9. The van der Waals surface area contributed by atoms with Crippen LogP contribution in [0.2, 0.25) is 0 Å². The number of nitro groups is 1. The summed E-state index contributed by atoms with van der Waals surface area (Å²) in [5, 5.41) is 10.8. The van der Waals surface area contributed by atoms with Crippen molar-refractivity contribution in [3.05, 3.63) is 94.3 Å². The van der Waals surface area contributed by atoms with Gasteiger partial charge in [-0.15, -0.1) is 11.6 Å². The van der Waals surface area contributed by atoms with E-state index in [1.54, 1.807) is 36.4 Å². The first-order chi connectivity index (χ1) is 17.8. The first-order valence-corrected chi connectivity index (χ1v) is 12.0. The Kier molecular flexibility index (Phi) is 7.93. The Bertz CT molecular complexity index is 1310. The lowest BCUT2D eigenvalue weighted by molar-refractivity contribution is -0.384. The summed E-state index contributed by atoms with van der Waals surface area (Å²) in [5.74, 6) is -2.61. The van der Waals surface area contributed by atoms with E-state index in [0.717, 1.165) is 23.3 Å². The number of amides is 1. The molecule has 0 spiro atoms. The Morgan fingerprint density at radius 1 is 1.03 bits per heavy atom. The molecule has 0 saturated carbocycles. The molecule has 0 aliphatic carbocycles. The van der Waals surface area contributed by atoms with Crippen molar-refractivity contribution in [2.75, 3.05) is 17.3 Å². The third-order valence-electron chi connectivity index (χ3n) is 6.10. The SMILES string of the molecule is O=C(O[C@H](CCCl)C(=O)c1ccc(F)cc1)[C@H]1CC(=O)N(c2ccc(-c3ccc([N+](=O)[O-])cc3)cc2)C1. The monoisotopic (exact) mass is 524 g/mol. The fourth-order valence-electron chi connectivity index (χ4n) is 4.10. The second-order valence-electron chi connectivity index (χ2n) is 8.53. The number of nitrogens with zero attached hydrogens (tertiary/aromatic N) is 2. The number of nitro benzene ring substituents is 1. The molecule has 0 unspecified atom stereocenters. The van der Waals surface area contributed by atoms with E-state index in [1.807, 2.05) is 0 Å². The van der Waals surface area contributed by atoms with Crippen LogP contribution in [0.4, 0.5) is 15.8 Å². The summed E-state index contributed by atoms with van der Waals surface area (Å²) >= 11 is 5.81. The summed E-state index contributed by atoms with van der Waals surface area (Å²) in [7, 11) is 0. The number of hydrogen-bond acceptors (Lipinski definition) is 6. The lowest BCUT2D eigenvalue weighted by atomic mass is 10.0. The maximum absolute atomic E-state index is 13.2. The third kappa shape index (κ3) is 6.00. The van der Waals surface area contributed by atoms with Gasteiger partial charge in [-0.05, 0) is 59.7 Å². The number of esters is 1. The molecule has 3 aromatic rings. The summed E-state index contributed by atoms with van der Waals surface area (Å²) in [6.45, 7) is 0.0902. The molecular weight excluding hydrogens is 503 g/mol. The van der Waals surface area contributed by atoms with Crippen molar-refractivity contribution in [3.63, 3.8) is 0 Å². The highest BCUT2D eigenvalue weighted by atomic mass is 35.5. The van der Waals surface area contributed by atoms with Crippen LogP contribution in [0, 0.1) is 21.8 Å². The Labute approximate surface area is 216 Å². The third-order valence-corrected chi connectivity index (χ3v) is 6.32. The molecule has 1 fully saturated rings. The maximum Gasteiger partial charge on any atom is 0.312 e. The molecule has 1 heterocycles. The predicted molar refractivity (Wildman–Crippen MR) is 135 cm³/mol. The van der Waals surface area contributed by atoms with Crippen LogP contribution in [0.15, 0.2) is 72.8 Å². The van der Waals surface area contributed by atoms with Gasteiger partial charge in [0.15, 0.2) is 6.10 Å². The van der Waals surface area contributed by atoms with Crippen LogP contribution in [0.1, 0.15) is 23.2 Å². The number of ether oxygens (including phenoxy) is 1. The quantitative estimate of drug-likeness (QED) is 0.125. The number of carbonyl (C=O) groups is 3. The Hall–Kier alpha value is -4.11. The van der Waals surface area contributed by atoms with Crippen molar-refractivity contribution in [3.8, 4) is 11.1 Å². The molecular formula is C27H22ClFN2O6. The van der Waals surface area contributed by atoms with Crippen molar-refractivity contribution < 1.29 is 28.4 Å². The maximum atomic E-state index is 13.2. The summed E-state index contributed by atoms with van der Waals surface area (Å²) < 4.78 is 18.7. The molecule has 3 aromatic carbocycles. The van der Waals surface area contributed by atoms with Crippen LogP contribution in [-0.4, -0.2) is 41.1 Å². The van der Waals surface area contributed by atoms with Gasteiger partial charge in [0.05, 0.1) is 10.8 Å². The van der Waals surface area contributed by atoms with Crippen molar-refractivity contribution in [2.45, 2.75) is 18.9 Å². The second kappa shape index (κ2) is 11.3. The number of Topliss-reactive ketones (excluding diaryl/α,β-unsaturated/α-hetero) is 1. The minimum absolute atomic E-state index is 0.00591. The van der Waals surface area contributed by atoms with E-state index in [4.69, 9.17) is 16.3 Å². The summed E-state index contributed by atoms with van der Waals surface area (Å²) in [5.41, 5.74) is 2.37. The zero-order valence-corrected chi connectivity index (χ0v) is 20.3. The van der Waals surface area contributed by atoms with E-state index in [9.17, 15) is 28.9 Å². The van der Waals surface area contributed by atoms with Crippen LogP contribution < -0.4 is 4.90 Å². The number of halogens is 2. The van der Waals surface area contributed by atoms with Gasteiger partial charge in [0.1, 0.15) is 5.82 Å². The lowest BCUT2D eigenvalue weighted by Crippen LogP contribution is -2.32. The van der Waals surface area contributed by atoms with E-state index in [0.29, 0.717) is 5.69 Å². The van der Waals surface area contributed by atoms with Crippen molar-refractivity contribution >= 4 is 40.6 Å². The molecule has 37 heavy (non-hydrogen) atoms. The molecule has 1 saturated heterocycles. The number of benzene rings is 3. The van der Waals surface area contributed by atoms with E-state index in [-0.39, 0.29) is 42.4 Å². The Morgan fingerprint density at radius 2 is 1.62 bits per heavy atom. The molecule has 2 atom stereocenters. The highest BCUT2D eigenvalue weighted by Crippen LogP contribution is 2.30. The topological polar surface area (TPSA) is 107 Å². The molecule has 8 nitrogen and oxygen atoms in total. The minimum Gasteiger partial charge on any atom is -0.454 e. The van der Waals surface area contributed by atoms with Gasteiger partial charge in [0.25, 0.3) is 5.69 Å². The van der Waals surface area contributed by atoms with Gasteiger partial charge in [0, 0.05) is 48.6 Å². The Morgan fingerprint density at radius 3 is 2.19 bits per heavy atom. The largest absolute Gasteiger partial charge is 0.454 e. The van der Waals surface area contributed by atoms with Crippen molar-refractivity contribution in [1.82, 2.24) is 0 Å². The van der Waals surface area contributed by atoms with Crippen molar-refractivity contribution in [2.24, 2.45) is 5.92 Å². The highest BCUT2D eigenvalue weighted by Gasteiger charge is 2.38. The van der Waals surface area contributed by atoms with Gasteiger partial charge >= 0.3 is 5.97 Å². The van der Waals surface area contributed by atoms with Gasteiger partial charge in [-0.2, -0.15) is 0 Å². The number of non-ortho nitro benzene ring substituents is 1. The molecule has 10 heteroatoms. The fraction of sp³-hybridized carbons (Fsp3) is 0.222. The van der Waals surface area contributed by atoms with E-state index >= 15 is 0 Å². The zero-order chi connectivity index (χ0) is 26.5. The van der Waals surface area contributed by atoms with Crippen molar-refractivity contribution in [1.29, 1.82) is 0 Å². The lowest BCUT2D eigenvalue weighted by Gasteiger charge is -2.19. The predicted octanol–water partition coefficient (Wildman–Crippen LogP) is 5.18. The molecule has 0 aromatic heterocycles. The molecule has 0 N–H and O–H groups in total. The van der Waals surface area contributed by atoms with E-state index in [1.165, 1.54) is 29.2 Å². The first kappa shape index (κ1) is 26.0.